The molecule has 0 spiro atoms. The highest BCUT2D eigenvalue weighted by Crippen LogP contribution is 2.70. The maximum absolute atomic E-state index is 13.2. The Bertz CT molecular complexity index is 1330. The van der Waals surface area contributed by atoms with Gasteiger partial charge < -0.3 is 63.9 Å². The minimum Gasteiger partial charge on any atom is -0.458 e. The van der Waals surface area contributed by atoms with Crippen molar-refractivity contribution in [2.45, 2.75) is 151 Å². The Morgan fingerprint density at radius 3 is 2.40 bits per heavy atom. The Kier molecular flexibility index (Phi) is 9.84. The Hall–Kier alpha value is -1.56. The molecule has 0 aromatic rings. The van der Waals surface area contributed by atoms with Gasteiger partial charge in [0.25, 0.3) is 0 Å². The van der Waals surface area contributed by atoms with Gasteiger partial charge in [0.1, 0.15) is 43.4 Å². The van der Waals surface area contributed by atoms with E-state index in [0.29, 0.717) is 44.9 Å². The molecule has 282 valence electrons. The number of methoxy groups -OCH3 is 1. The van der Waals surface area contributed by atoms with Gasteiger partial charge in [-0.25, -0.2) is 4.79 Å². The quantitative estimate of drug-likeness (QED) is 0.113. The summed E-state index contributed by atoms with van der Waals surface area (Å²) in [5, 5.41) is 65.3. The van der Waals surface area contributed by atoms with Crippen LogP contribution >= 0.6 is 0 Å². The van der Waals surface area contributed by atoms with E-state index in [1.807, 2.05) is 0 Å². The van der Waals surface area contributed by atoms with Gasteiger partial charge >= 0.3 is 5.97 Å². The molecule has 4 saturated carbocycles. The number of aldehydes is 1. The van der Waals surface area contributed by atoms with E-state index in [9.17, 15) is 40.2 Å². The molecule has 17 atom stereocenters. The molecule has 0 aromatic heterocycles. The monoisotopic (exact) mass is 710 g/mol. The zero-order valence-electron chi connectivity index (χ0n) is 29.1. The topological polar surface area (TPSA) is 211 Å². The highest BCUT2D eigenvalue weighted by atomic mass is 16.7. The summed E-state index contributed by atoms with van der Waals surface area (Å²) >= 11 is 0. The number of aliphatic hydroxyl groups is 6. The van der Waals surface area contributed by atoms with Crippen LogP contribution in [0.2, 0.25) is 0 Å². The average Bonchev–Trinajstić information content (AvgIpc) is 3.64. The molecule has 7 aliphatic rings. The van der Waals surface area contributed by atoms with Gasteiger partial charge in [0.15, 0.2) is 12.6 Å². The van der Waals surface area contributed by atoms with Crippen LogP contribution in [0.5, 0.6) is 0 Å². The average molecular weight is 711 g/mol. The highest BCUT2D eigenvalue weighted by molar-refractivity contribution is 5.85. The molecule has 7 rings (SSSR count). The van der Waals surface area contributed by atoms with E-state index in [4.69, 9.17) is 28.4 Å². The van der Waals surface area contributed by atoms with Gasteiger partial charge in [-0.3, -0.25) is 0 Å². The van der Waals surface area contributed by atoms with Gasteiger partial charge in [-0.05, 0) is 81.6 Å². The molecule has 0 amide bonds. The van der Waals surface area contributed by atoms with Gasteiger partial charge in [-0.15, -0.1) is 0 Å². The van der Waals surface area contributed by atoms with Crippen LogP contribution < -0.4 is 0 Å². The summed E-state index contributed by atoms with van der Waals surface area (Å²) in [7, 11) is 1.51. The second-order valence-electron chi connectivity index (χ2n) is 16.3. The number of hydrogen-bond acceptors (Lipinski definition) is 14. The fourth-order valence-corrected chi connectivity index (χ4v) is 11.5. The van der Waals surface area contributed by atoms with Crippen LogP contribution in [0.25, 0.3) is 0 Å². The summed E-state index contributed by atoms with van der Waals surface area (Å²) in [6.07, 6.45) is -2.52. The van der Waals surface area contributed by atoms with Crippen molar-refractivity contribution in [3.05, 3.63) is 11.6 Å². The number of carbonyl (C=O) groups excluding carboxylic acids is 2. The van der Waals surface area contributed by atoms with E-state index in [1.54, 1.807) is 13.0 Å². The van der Waals surface area contributed by atoms with Crippen LogP contribution in [0, 0.1) is 28.6 Å². The number of fused-ring (bicyclic) bond motifs is 5. The predicted octanol–water partition coefficient (Wildman–Crippen LogP) is 0.258. The van der Waals surface area contributed by atoms with Crippen LogP contribution in [-0.2, 0) is 38.0 Å². The molecule has 0 bridgehead atoms. The van der Waals surface area contributed by atoms with Crippen molar-refractivity contribution in [1.82, 2.24) is 0 Å². The fraction of sp³-hybridized carbons (Fsp3) is 0.889. The van der Waals surface area contributed by atoms with Crippen LogP contribution in [-0.4, -0.2) is 136 Å². The molecule has 3 aliphatic heterocycles. The van der Waals surface area contributed by atoms with Crippen molar-refractivity contribution in [3.8, 4) is 0 Å². The predicted molar refractivity (Wildman–Crippen MR) is 171 cm³/mol. The first-order valence-electron chi connectivity index (χ1n) is 18.3. The van der Waals surface area contributed by atoms with Crippen molar-refractivity contribution < 1.29 is 68.6 Å². The molecule has 0 radical (unpaired) electrons. The lowest BCUT2D eigenvalue weighted by Gasteiger charge is -2.65. The lowest BCUT2D eigenvalue weighted by Crippen LogP contribution is -2.69. The van der Waals surface area contributed by atoms with Gasteiger partial charge in [0.2, 0.25) is 0 Å². The lowest BCUT2D eigenvalue weighted by molar-refractivity contribution is -0.346. The van der Waals surface area contributed by atoms with Crippen LogP contribution in [0.4, 0.5) is 0 Å². The molecule has 0 aromatic carbocycles. The van der Waals surface area contributed by atoms with Crippen molar-refractivity contribution in [3.63, 3.8) is 0 Å². The maximum Gasteiger partial charge on any atom is 0.331 e. The molecule has 50 heavy (non-hydrogen) atoms. The maximum atomic E-state index is 13.2. The van der Waals surface area contributed by atoms with Gasteiger partial charge in [-0.1, -0.05) is 6.92 Å². The number of aliphatic hydroxyl groups excluding tert-OH is 4. The van der Waals surface area contributed by atoms with Crippen LogP contribution in [0.3, 0.4) is 0 Å². The van der Waals surface area contributed by atoms with Crippen molar-refractivity contribution in [1.29, 1.82) is 0 Å². The molecular formula is C36H54O14. The Balaban J connectivity index is 1.01. The third-order valence-electron chi connectivity index (χ3n) is 14.2. The first-order chi connectivity index (χ1) is 23.7. The summed E-state index contributed by atoms with van der Waals surface area (Å²) < 4.78 is 35.2. The highest BCUT2D eigenvalue weighted by Gasteiger charge is 2.71. The number of cyclic esters (lactones) is 1. The SMILES string of the molecule is CO[C@@H]1C[C@H](O[C@H]2CC[C@]3(C=O)[C@@H]4CC[C@]5(C)[C@@H](C6=CC(=O)OC6)CC[C@]5(O)[C@@H]4CC[C@]3(O)C2)O[C@H](C)[C@H]1O[C@@H]1O[C@H](CO)[C@@H](O)[C@H](O)[C@H]1O. The first kappa shape index (κ1) is 36.8. The summed E-state index contributed by atoms with van der Waals surface area (Å²) in [6, 6.07) is 0. The van der Waals surface area contributed by atoms with Gasteiger partial charge in [0, 0.05) is 31.4 Å². The second kappa shape index (κ2) is 13.4. The molecule has 3 heterocycles. The zero-order valence-corrected chi connectivity index (χ0v) is 29.1. The largest absolute Gasteiger partial charge is 0.458 e. The number of hydrogen-bond donors (Lipinski definition) is 6. The lowest BCUT2D eigenvalue weighted by atomic mass is 9.41. The standard InChI is InChI=1S/C36H54O14/c1-18-31(50-32-30(42)29(41)28(40)25(15-37)49-32)24(45-3)13-27(47-18)48-20-4-9-34(17-38)22-5-8-33(2)21(19-12-26(39)46-16-19)7-11-36(33,44)23(22)6-10-35(34,43)14-20/h12,17-18,20-25,27-32,37,40-44H,4-11,13-16H2,1-3H3/t18-,20+,21-,22-,23-,24-,25-,27+,28-,29+,30-,31-,32+,33-,34+,35+,36+/m1/s1. The molecule has 6 fully saturated rings. The molecule has 14 heteroatoms. The van der Waals surface area contributed by atoms with E-state index >= 15 is 0 Å². The van der Waals surface area contributed by atoms with Crippen LogP contribution in [0.1, 0.15) is 78.1 Å². The fourth-order valence-electron chi connectivity index (χ4n) is 11.5. The molecular weight excluding hydrogens is 656 g/mol. The number of carbonyl (C=O) groups is 2. The smallest absolute Gasteiger partial charge is 0.331 e. The Morgan fingerprint density at radius 1 is 0.960 bits per heavy atom. The van der Waals surface area contributed by atoms with E-state index in [2.05, 4.69) is 6.92 Å². The van der Waals surface area contributed by atoms with Crippen LogP contribution in [0.15, 0.2) is 11.6 Å². The summed E-state index contributed by atoms with van der Waals surface area (Å²) in [4.78, 5) is 25.1. The third-order valence-corrected chi connectivity index (χ3v) is 14.2. The zero-order chi connectivity index (χ0) is 35.8. The van der Waals surface area contributed by atoms with Crippen molar-refractivity contribution in [2.75, 3.05) is 20.3 Å². The van der Waals surface area contributed by atoms with E-state index in [0.717, 1.165) is 18.3 Å². The van der Waals surface area contributed by atoms with E-state index in [1.165, 1.54) is 7.11 Å². The summed E-state index contributed by atoms with van der Waals surface area (Å²) in [5.74, 6) is -0.635. The first-order valence-corrected chi connectivity index (χ1v) is 18.3. The molecule has 0 unspecified atom stereocenters. The molecule has 6 N–H and O–H groups in total. The minimum atomic E-state index is -1.58. The van der Waals surface area contributed by atoms with Crippen molar-refractivity contribution in [2.24, 2.45) is 28.6 Å². The van der Waals surface area contributed by atoms with Crippen molar-refractivity contribution >= 4 is 12.3 Å². The Labute approximate surface area is 292 Å². The number of rotatable bonds is 8. The van der Waals surface area contributed by atoms with Gasteiger partial charge in [-0.2, -0.15) is 0 Å². The summed E-state index contributed by atoms with van der Waals surface area (Å²) in [6.45, 7) is 3.57. The molecule has 2 saturated heterocycles. The normalized spacial score (nSPS) is 53.5. The van der Waals surface area contributed by atoms with E-state index < -0.39 is 90.1 Å². The third kappa shape index (κ3) is 5.55. The summed E-state index contributed by atoms with van der Waals surface area (Å²) in [5.41, 5.74) is -2.86. The van der Waals surface area contributed by atoms with Gasteiger partial charge in [0.05, 0.1) is 41.5 Å². The second-order valence-corrected chi connectivity index (χ2v) is 16.3. The molecule has 4 aliphatic carbocycles. The number of esters is 1. The number of ether oxygens (including phenoxy) is 6. The minimum absolute atomic E-state index is 0.0352. The molecule has 14 nitrogen and oxygen atoms in total. The van der Waals surface area contributed by atoms with E-state index in [-0.39, 0.29) is 43.2 Å². The Morgan fingerprint density at radius 2 is 1.72 bits per heavy atom.